The Morgan fingerprint density at radius 2 is 1.54 bits per heavy atom. The first-order valence-electron chi connectivity index (χ1n) is 14.3. The van der Waals surface area contributed by atoms with Crippen molar-refractivity contribution in [1.29, 1.82) is 0 Å². The molecule has 0 fully saturated rings. The Kier molecular flexibility index (Phi) is 10.1. The Morgan fingerprint density at radius 3 is 2.26 bits per heavy atom. The van der Waals surface area contributed by atoms with Gasteiger partial charge in [-0.05, 0) is 55.5 Å². The van der Waals surface area contributed by atoms with E-state index in [1.807, 2.05) is 41.8 Å². The summed E-state index contributed by atoms with van der Waals surface area (Å²) in [5.74, 6) is 0.817. The molecule has 208 valence electrons. The molecule has 0 amide bonds. The van der Waals surface area contributed by atoms with Gasteiger partial charge in [0.05, 0.1) is 0 Å². The fraction of sp³-hybridized carbons (Fsp3) is 0.452. The van der Waals surface area contributed by atoms with Gasteiger partial charge in [0.2, 0.25) is 0 Å². The second-order valence-electron chi connectivity index (χ2n) is 10.2. The number of hydrogen-bond acceptors (Lipinski definition) is 5. The zero-order chi connectivity index (χ0) is 27.6. The Labute approximate surface area is 230 Å². The van der Waals surface area contributed by atoms with Crippen LogP contribution in [0.2, 0.25) is 0 Å². The molecule has 39 heavy (non-hydrogen) atoms. The van der Waals surface area contributed by atoms with Gasteiger partial charge in [-0.3, -0.25) is 13.9 Å². The lowest BCUT2D eigenvalue weighted by Crippen LogP contribution is -2.40. The van der Waals surface area contributed by atoms with Gasteiger partial charge in [0.15, 0.2) is 11.2 Å². The van der Waals surface area contributed by atoms with Crippen molar-refractivity contribution in [2.24, 2.45) is 0 Å². The minimum atomic E-state index is -0.251. The van der Waals surface area contributed by atoms with Crippen molar-refractivity contribution in [2.75, 3.05) is 18.8 Å². The molecule has 4 rings (SSSR count). The maximum atomic E-state index is 13.6. The van der Waals surface area contributed by atoms with Crippen molar-refractivity contribution < 1.29 is 0 Å². The summed E-state index contributed by atoms with van der Waals surface area (Å²) >= 11 is 0. The standard InChI is InChI=1S/C31H42N6O2/c1-3-20-37-30(38)28-29(34-27(35(28)22-19-33-4-2)23-25-13-9-7-10-14-25)36(31(37)39)21-11-6-5-8-12-24-15-17-26(32)18-16-24/h7,9-10,13-18,33H,3-6,8,11-12,19-23,32H2,1-2H3. The van der Waals surface area contributed by atoms with Gasteiger partial charge in [-0.2, -0.15) is 0 Å². The molecule has 8 nitrogen and oxygen atoms in total. The summed E-state index contributed by atoms with van der Waals surface area (Å²) in [6.07, 6.45) is 6.37. The van der Waals surface area contributed by atoms with Crippen LogP contribution in [0.1, 0.15) is 62.9 Å². The van der Waals surface area contributed by atoms with Crippen LogP contribution in [0.25, 0.3) is 11.2 Å². The largest absolute Gasteiger partial charge is 0.399 e. The first-order chi connectivity index (χ1) is 19.0. The molecule has 0 aliphatic rings. The average Bonchev–Trinajstić information content (AvgIpc) is 3.29. The maximum absolute atomic E-state index is 13.6. The quantitative estimate of drug-likeness (QED) is 0.176. The number of unbranched alkanes of at least 4 members (excludes halogenated alkanes) is 3. The van der Waals surface area contributed by atoms with Crippen molar-refractivity contribution in [3.05, 3.63) is 92.4 Å². The molecule has 4 aromatic rings. The topological polar surface area (TPSA) is 99.9 Å². The summed E-state index contributed by atoms with van der Waals surface area (Å²) in [6, 6.07) is 18.2. The number of nitrogens with zero attached hydrogens (tertiary/aromatic N) is 4. The number of nitrogens with one attached hydrogen (secondary N) is 1. The van der Waals surface area contributed by atoms with Gasteiger partial charge in [0, 0.05) is 38.3 Å². The number of likely N-dealkylation sites (N-methyl/N-ethyl adjacent to an activating group) is 1. The molecule has 2 aromatic carbocycles. The van der Waals surface area contributed by atoms with Gasteiger partial charge in [0.1, 0.15) is 5.82 Å². The molecule has 8 heteroatoms. The van der Waals surface area contributed by atoms with Crippen molar-refractivity contribution in [2.45, 2.75) is 78.4 Å². The Bertz CT molecular complexity index is 1450. The van der Waals surface area contributed by atoms with E-state index in [1.54, 1.807) is 4.57 Å². The van der Waals surface area contributed by atoms with Crippen molar-refractivity contribution >= 4 is 16.9 Å². The molecular weight excluding hydrogens is 488 g/mol. The summed E-state index contributed by atoms with van der Waals surface area (Å²) in [7, 11) is 0. The lowest BCUT2D eigenvalue weighted by atomic mass is 10.1. The average molecular weight is 531 g/mol. The Morgan fingerprint density at radius 1 is 0.795 bits per heavy atom. The third-order valence-electron chi connectivity index (χ3n) is 7.18. The maximum Gasteiger partial charge on any atom is 0.332 e. The zero-order valence-electron chi connectivity index (χ0n) is 23.4. The SMILES string of the molecule is CCCn1c(=O)c2c(nc(Cc3ccccc3)n2CCNCC)n(CCCCCCc2ccc(N)cc2)c1=O. The van der Waals surface area contributed by atoms with Crippen LogP contribution in [-0.2, 0) is 32.5 Å². The van der Waals surface area contributed by atoms with Crippen LogP contribution in [0, 0.1) is 0 Å². The van der Waals surface area contributed by atoms with Gasteiger partial charge >= 0.3 is 5.69 Å². The van der Waals surface area contributed by atoms with E-state index in [9.17, 15) is 9.59 Å². The van der Waals surface area contributed by atoms with E-state index in [1.165, 1.54) is 10.1 Å². The third kappa shape index (κ3) is 7.06. The number of aromatic nitrogens is 4. The van der Waals surface area contributed by atoms with Gasteiger partial charge in [-0.25, -0.2) is 9.78 Å². The number of rotatable bonds is 15. The highest BCUT2D eigenvalue weighted by atomic mass is 16.2. The Balaban J connectivity index is 1.60. The molecular formula is C31H42N6O2. The minimum Gasteiger partial charge on any atom is -0.399 e. The number of benzene rings is 2. The highest BCUT2D eigenvalue weighted by Crippen LogP contribution is 2.17. The molecule has 0 unspecified atom stereocenters. The van der Waals surface area contributed by atoms with Crippen LogP contribution in [-0.4, -0.2) is 31.8 Å². The van der Waals surface area contributed by atoms with E-state index >= 15 is 0 Å². The first-order valence-corrected chi connectivity index (χ1v) is 14.3. The van der Waals surface area contributed by atoms with Gasteiger partial charge in [-0.1, -0.05) is 69.2 Å². The highest BCUT2D eigenvalue weighted by molar-refractivity contribution is 5.71. The van der Waals surface area contributed by atoms with Gasteiger partial charge in [-0.15, -0.1) is 0 Å². The smallest absolute Gasteiger partial charge is 0.332 e. The van der Waals surface area contributed by atoms with Crippen LogP contribution in [0.15, 0.2) is 64.2 Å². The number of nitrogen functional groups attached to an aromatic ring is 1. The van der Waals surface area contributed by atoms with E-state index in [0.717, 1.165) is 62.3 Å². The molecule has 0 spiro atoms. The molecule has 2 heterocycles. The first kappa shape index (κ1) is 28.4. The number of nitrogens with two attached hydrogens (primary N) is 1. The molecule has 0 atom stereocenters. The van der Waals surface area contributed by atoms with E-state index in [-0.39, 0.29) is 11.2 Å². The van der Waals surface area contributed by atoms with Crippen molar-refractivity contribution in [3.63, 3.8) is 0 Å². The minimum absolute atomic E-state index is 0.236. The number of imidazole rings is 1. The molecule has 2 aromatic heterocycles. The van der Waals surface area contributed by atoms with E-state index < -0.39 is 0 Å². The van der Waals surface area contributed by atoms with Crippen molar-refractivity contribution in [1.82, 2.24) is 24.0 Å². The van der Waals surface area contributed by atoms with E-state index in [2.05, 4.69) is 36.5 Å². The van der Waals surface area contributed by atoms with Gasteiger partial charge in [0.25, 0.3) is 5.56 Å². The summed E-state index contributed by atoms with van der Waals surface area (Å²) in [5, 5.41) is 3.36. The Hall–Kier alpha value is -3.65. The fourth-order valence-corrected chi connectivity index (χ4v) is 5.12. The number of aryl methyl sites for hydroxylation is 2. The summed E-state index contributed by atoms with van der Waals surface area (Å²) in [4.78, 5) is 32.1. The molecule has 3 N–H and O–H groups in total. The fourth-order valence-electron chi connectivity index (χ4n) is 5.12. The lowest BCUT2D eigenvalue weighted by Gasteiger charge is -2.13. The molecule has 0 radical (unpaired) electrons. The number of hydrogen-bond donors (Lipinski definition) is 2. The van der Waals surface area contributed by atoms with Crippen molar-refractivity contribution in [3.8, 4) is 0 Å². The summed E-state index contributed by atoms with van der Waals surface area (Å²) in [6.45, 7) is 7.21. The van der Waals surface area contributed by atoms with E-state index in [4.69, 9.17) is 10.7 Å². The van der Waals surface area contributed by atoms with Crippen LogP contribution in [0.4, 0.5) is 5.69 Å². The highest BCUT2D eigenvalue weighted by Gasteiger charge is 2.21. The molecule has 0 bridgehead atoms. The lowest BCUT2D eigenvalue weighted by molar-refractivity contribution is 0.523. The van der Waals surface area contributed by atoms with Crippen LogP contribution in [0.3, 0.4) is 0 Å². The second kappa shape index (κ2) is 13.9. The van der Waals surface area contributed by atoms with Gasteiger partial charge < -0.3 is 15.6 Å². The van der Waals surface area contributed by atoms with Crippen LogP contribution in [0.5, 0.6) is 0 Å². The molecule has 0 saturated heterocycles. The normalized spacial score (nSPS) is 11.4. The number of anilines is 1. The van der Waals surface area contributed by atoms with E-state index in [0.29, 0.717) is 43.6 Å². The van der Waals surface area contributed by atoms with Crippen LogP contribution >= 0.6 is 0 Å². The predicted molar refractivity (Wildman–Crippen MR) is 159 cm³/mol. The second-order valence-corrected chi connectivity index (χ2v) is 10.2. The molecule has 0 saturated carbocycles. The number of fused-ring (bicyclic) bond motifs is 1. The monoisotopic (exact) mass is 530 g/mol. The van der Waals surface area contributed by atoms with Crippen LogP contribution < -0.4 is 22.3 Å². The summed E-state index contributed by atoms with van der Waals surface area (Å²) < 4.78 is 5.17. The predicted octanol–water partition coefficient (Wildman–Crippen LogP) is 4.36. The third-order valence-corrected chi connectivity index (χ3v) is 7.18. The molecule has 0 aliphatic carbocycles. The summed E-state index contributed by atoms with van der Waals surface area (Å²) in [5.41, 5.74) is 9.56. The zero-order valence-corrected chi connectivity index (χ0v) is 23.4. The molecule has 0 aliphatic heterocycles.